The zero-order valence-electron chi connectivity index (χ0n) is 29.0. The molecule has 3 N–H and O–H groups in total. The Kier molecular flexibility index (Phi) is 10.3. The van der Waals surface area contributed by atoms with Gasteiger partial charge in [0.1, 0.15) is 17.4 Å². The van der Waals surface area contributed by atoms with E-state index in [0.29, 0.717) is 22.3 Å². The molecule has 0 saturated carbocycles. The van der Waals surface area contributed by atoms with E-state index in [-0.39, 0.29) is 48.3 Å². The largest absolute Gasteiger partial charge is 0.421 e. The number of alkyl halides is 3. The number of carbonyl (C=O) groups excluding carboxylic acids is 4. The Morgan fingerprint density at radius 2 is 1.70 bits per heavy atom. The molecule has 1 atom stereocenters. The van der Waals surface area contributed by atoms with E-state index in [0.717, 1.165) is 48.3 Å². The molecule has 2 aromatic carbocycles. The van der Waals surface area contributed by atoms with Crippen LogP contribution >= 0.6 is 15.9 Å². The predicted octanol–water partition coefficient (Wildman–Crippen LogP) is 5.51. The molecule has 2 aromatic heterocycles. The lowest BCUT2D eigenvalue weighted by molar-refractivity contribution is -0.138. The molecule has 13 nitrogen and oxygen atoms in total. The Morgan fingerprint density at radius 1 is 0.981 bits per heavy atom. The van der Waals surface area contributed by atoms with E-state index < -0.39 is 41.4 Å². The molecular formula is C37H35BrF3N9O4. The third kappa shape index (κ3) is 7.77. The van der Waals surface area contributed by atoms with Crippen molar-refractivity contribution in [2.75, 3.05) is 35.7 Å². The second-order valence-corrected chi connectivity index (χ2v) is 14.3. The van der Waals surface area contributed by atoms with Crippen molar-refractivity contribution in [3.63, 3.8) is 0 Å². The van der Waals surface area contributed by atoms with Gasteiger partial charge in [0.05, 0.1) is 11.1 Å². The van der Waals surface area contributed by atoms with Gasteiger partial charge in [-0.2, -0.15) is 18.2 Å². The number of aromatic nitrogens is 3. The standard InChI is InChI=1S/C37H35BrF3N9O4/c1-48(20-22-15-26-27(16-29(22)38)35(54)50(34(26)53)30-8-9-31(51)46-33(30)52)24-10-13-49(14-11-24)25-6-4-23(5-7-25)45-36-44-19-28(37(39,40)41)32(47-36)43-18-21-3-2-12-42-17-21/h2-7,12,15-17,19,24,30H,8-11,13-14,18,20H2,1H3,(H,46,51,52)(H2,43,44,45,47). The Labute approximate surface area is 316 Å². The average molecular weight is 807 g/mol. The molecule has 3 aliphatic heterocycles. The lowest BCUT2D eigenvalue weighted by atomic mass is 10.0. The minimum atomic E-state index is -4.64. The molecule has 7 rings (SSSR count). The quantitative estimate of drug-likeness (QED) is 0.174. The smallest absolute Gasteiger partial charge is 0.371 e. The number of hydrogen-bond acceptors (Lipinski definition) is 11. The van der Waals surface area contributed by atoms with E-state index in [1.54, 1.807) is 36.7 Å². The van der Waals surface area contributed by atoms with Gasteiger partial charge < -0.3 is 15.5 Å². The summed E-state index contributed by atoms with van der Waals surface area (Å²) < 4.78 is 41.7. The summed E-state index contributed by atoms with van der Waals surface area (Å²) in [4.78, 5) is 68.1. The van der Waals surface area contributed by atoms with Crippen LogP contribution in [0.2, 0.25) is 0 Å². The van der Waals surface area contributed by atoms with Crippen LogP contribution in [-0.4, -0.2) is 80.6 Å². The molecule has 2 saturated heterocycles. The maximum atomic E-state index is 13.7. The predicted molar refractivity (Wildman–Crippen MR) is 196 cm³/mol. The van der Waals surface area contributed by atoms with Crippen LogP contribution in [0.5, 0.6) is 0 Å². The minimum absolute atomic E-state index is 0.0194. The van der Waals surface area contributed by atoms with E-state index in [4.69, 9.17) is 0 Å². The number of amides is 4. The van der Waals surface area contributed by atoms with Gasteiger partial charge in [-0.05, 0) is 79.9 Å². The van der Waals surface area contributed by atoms with Crippen molar-refractivity contribution >= 4 is 62.7 Å². The normalized spacial score (nSPS) is 17.9. The fourth-order valence-corrected chi connectivity index (χ4v) is 7.45. The number of pyridine rings is 1. The number of carbonyl (C=O) groups is 4. The molecule has 280 valence electrons. The first-order valence-electron chi connectivity index (χ1n) is 17.3. The number of benzene rings is 2. The minimum Gasteiger partial charge on any atom is -0.371 e. The highest BCUT2D eigenvalue weighted by Crippen LogP contribution is 2.35. The Morgan fingerprint density at radius 3 is 2.37 bits per heavy atom. The second-order valence-electron chi connectivity index (χ2n) is 13.4. The number of piperidine rings is 2. The van der Waals surface area contributed by atoms with Crippen molar-refractivity contribution in [3.05, 3.63) is 99.4 Å². The highest BCUT2D eigenvalue weighted by molar-refractivity contribution is 9.10. The van der Waals surface area contributed by atoms with Gasteiger partial charge in [0, 0.05) is 73.1 Å². The molecule has 1 unspecified atom stereocenters. The van der Waals surface area contributed by atoms with Crippen LogP contribution in [-0.2, 0) is 28.9 Å². The van der Waals surface area contributed by atoms with Crippen LogP contribution < -0.4 is 20.9 Å². The molecule has 0 radical (unpaired) electrons. The van der Waals surface area contributed by atoms with Gasteiger partial charge in [0.2, 0.25) is 17.8 Å². The molecular weight excluding hydrogens is 771 g/mol. The first-order valence-corrected chi connectivity index (χ1v) is 18.1. The summed E-state index contributed by atoms with van der Waals surface area (Å²) in [6, 6.07) is 13.6. The van der Waals surface area contributed by atoms with E-state index >= 15 is 0 Å². The number of hydrogen-bond donors (Lipinski definition) is 3. The highest BCUT2D eigenvalue weighted by Gasteiger charge is 2.45. The SMILES string of the molecule is CN(Cc1cc2c(cc1Br)C(=O)N(C1CCC(=O)NC1=O)C2=O)C1CCN(c2ccc(Nc3ncc(C(F)(F)F)c(NCc4cccnc4)n3)cc2)CC1. The third-order valence-electron chi connectivity index (χ3n) is 9.88. The van der Waals surface area contributed by atoms with Crippen LogP contribution in [0.4, 0.5) is 36.3 Å². The maximum absolute atomic E-state index is 13.7. The number of halogens is 4. The van der Waals surface area contributed by atoms with Gasteiger partial charge in [-0.25, -0.2) is 4.98 Å². The molecule has 0 spiro atoms. The van der Waals surface area contributed by atoms with E-state index in [2.05, 4.69) is 56.6 Å². The monoisotopic (exact) mass is 805 g/mol. The molecule has 5 heterocycles. The lowest BCUT2D eigenvalue weighted by Gasteiger charge is -2.38. The Bertz CT molecular complexity index is 2100. The van der Waals surface area contributed by atoms with Crippen LogP contribution in [0.15, 0.2) is 71.6 Å². The van der Waals surface area contributed by atoms with Gasteiger partial charge in [0.25, 0.3) is 11.8 Å². The fourth-order valence-electron chi connectivity index (χ4n) is 6.98. The zero-order chi connectivity index (χ0) is 38.1. The third-order valence-corrected chi connectivity index (χ3v) is 10.6. The molecule has 4 amide bonds. The lowest BCUT2D eigenvalue weighted by Crippen LogP contribution is -2.54. The van der Waals surface area contributed by atoms with Crippen molar-refractivity contribution in [2.45, 2.75) is 57.0 Å². The van der Waals surface area contributed by atoms with Crippen molar-refractivity contribution in [2.24, 2.45) is 0 Å². The van der Waals surface area contributed by atoms with Crippen LogP contribution in [0, 0.1) is 0 Å². The number of anilines is 4. The zero-order valence-corrected chi connectivity index (χ0v) is 30.6. The summed E-state index contributed by atoms with van der Waals surface area (Å²) in [7, 11) is 2.02. The van der Waals surface area contributed by atoms with E-state index in [1.807, 2.05) is 31.3 Å². The summed E-state index contributed by atoms with van der Waals surface area (Å²) in [5, 5.41) is 7.98. The first-order chi connectivity index (χ1) is 25.9. The summed E-state index contributed by atoms with van der Waals surface area (Å²) in [6.45, 7) is 2.20. The van der Waals surface area contributed by atoms with Crippen molar-refractivity contribution in [1.82, 2.24) is 30.1 Å². The van der Waals surface area contributed by atoms with Crippen molar-refractivity contribution in [3.8, 4) is 0 Å². The van der Waals surface area contributed by atoms with Crippen LogP contribution in [0.1, 0.15) is 63.1 Å². The van der Waals surface area contributed by atoms with Crippen molar-refractivity contribution in [1.29, 1.82) is 0 Å². The van der Waals surface area contributed by atoms with Crippen LogP contribution in [0.25, 0.3) is 0 Å². The summed E-state index contributed by atoms with van der Waals surface area (Å²) in [5.74, 6) is -2.48. The Balaban J connectivity index is 0.946. The topological polar surface area (TPSA) is 153 Å². The van der Waals surface area contributed by atoms with Gasteiger partial charge in [-0.1, -0.05) is 22.0 Å². The highest BCUT2D eigenvalue weighted by atomic mass is 79.9. The van der Waals surface area contributed by atoms with Gasteiger partial charge in [0.15, 0.2) is 0 Å². The van der Waals surface area contributed by atoms with E-state index in [9.17, 15) is 32.3 Å². The van der Waals surface area contributed by atoms with Crippen molar-refractivity contribution < 1.29 is 32.3 Å². The van der Waals surface area contributed by atoms with Gasteiger partial charge in [-0.15, -0.1) is 0 Å². The first kappa shape index (κ1) is 36.9. The maximum Gasteiger partial charge on any atom is 0.421 e. The molecule has 17 heteroatoms. The van der Waals surface area contributed by atoms with Gasteiger partial charge in [-0.3, -0.25) is 39.3 Å². The summed E-state index contributed by atoms with van der Waals surface area (Å²) >= 11 is 3.58. The number of fused-ring (bicyclic) bond motifs is 1. The summed E-state index contributed by atoms with van der Waals surface area (Å²) in [6.07, 6.45) is 1.16. The van der Waals surface area contributed by atoms with E-state index in [1.165, 1.54) is 0 Å². The average Bonchev–Trinajstić information content (AvgIpc) is 3.38. The fraction of sp³-hybridized carbons (Fsp3) is 0.324. The number of imide groups is 2. The number of nitrogens with one attached hydrogen (secondary N) is 3. The molecule has 54 heavy (non-hydrogen) atoms. The number of rotatable bonds is 10. The molecule has 0 aliphatic carbocycles. The van der Waals surface area contributed by atoms with Gasteiger partial charge >= 0.3 is 6.18 Å². The Hall–Kier alpha value is -5.42. The molecule has 0 bridgehead atoms. The second kappa shape index (κ2) is 15.1. The molecule has 2 fully saturated rings. The van der Waals surface area contributed by atoms with Crippen LogP contribution in [0.3, 0.4) is 0 Å². The number of nitrogens with zero attached hydrogens (tertiary/aromatic N) is 6. The molecule has 4 aromatic rings. The summed E-state index contributed by atoms with van der Waals surface area (Å²) in [5.41, 5.74) is 2.66. The molecule has 3 aliphatic rings.